The molecule has 0 radical (unpaired) electrons. The van der Waals surface area contributed by atoms with Crippen molar-refractivity contribution in [2.75, 3.05) is 14.2 Å². The Morgan fingerprint density at radius 3 is 2.36 bits per heavy atom. The lowest BCUT2D eigenvalue weighted by Crippen LogP contribution is -2.12. The first kappa shape index (κ1) is 16.8. The van der Waals surface area contributed by atoms with Crippen molar-refractivity contribution < 1.29 is 27.2 Å². The lowest BCUT2D eigenvalue weighted by Gasteiger charge is -2.06. The van der Waals surface area contributed by atoms with Crippen LogP contribution in [0, 0.1) is 0 Å². The summed E-state index contributed by atoms with van der Waals surface area (Å²) >= 11 is 0. The Hall–Kier alpha value is -3.07. The van der Waals surface area contributed by atoms with Gasteiger partial charge in [-0.25, -0.2) is 9.59 Å². The predicted octanol–water partition coefficient (Wildman–Crippen LogP) is 1.63. The molecule has 0 aliphatic carbocycles. The van der Waals surface area contributed by atoms with Gasteiger partial charge in [-0.1, -0.05) is 10.2 Å². The van der Waals surface area contributed by atoms with Gasteiger partial charge in [-0.15, -0.1) is 0 Å². The average Bonchev–Trinajstić information content (AvgIpc) is 2.99. The summed E-state index contributed by atoms with van der Waals surface area (Å²) < 4.78 is 40.6. The van der Waals surface area contributed by atoms with Crippen molar-refractivity contribution in [1.29, 1.82) is 0 Å². The van der Waals surface area contributed by atoms with Crippen molar-refractivity contribution in [3.8, 4) is 5.75 Å². The van der Waals surface area contributed by atoms with E-state index in [1.54, 1.807) is 0 Å². The van der Waals surface area contributed by atoms with Crippen molar-refractivity contribution in [3.05, 3.63) is 58.4 Å². The minimum atomic E-state index is -4.18. The van der Waals surface area contributed by atoms with Crippen molar-refractivity contribution in [2.24, 2.45) is 0 Å². The Morgan fingerprint density at radius 2 is 1.76 bits per heavy atom. The third kappa shape index (κ3) is 2.68. The Bertz CT molecular complexity index is 1110. The van der Waals surface area contributed by atoms with Crippen LogP contribution in [0.15, 0.2) is 56.7 Å². The monoisotopic (exact) mass is 363 g/mol. The Balaban J connectivity index is 2.25. The zero-order chi connectivity index (χ0) is 18.2. The maximum absolute atomic E-state index is 12.8. The van der Waals surface area contributed by atoms with Gasteiger partial charge in [0.15, 0.2) is 0 Å². The van der Waals surface area contributed by atoms with E-state index in [1.807, 2.05) is 0 Å². The highest BCUT2D eigenvalue weighted by molar-refractivity contribution is 7.90. The van der Waals surface area contributed by atoms with E-state index < -0.39 is 21.6 Å². The number of nitrogens with zero attached hydrogens (tertiary/aromatic N) is 1. The molecular formula is C16H13NO7S. The van der Waals surface area contributed by atoms with Gasteiger partial charge < -0.3 is 14.0 Å². The number of rotatable bonds is 4. The van der Waals surface area contributed by atoms with Crippen LogP contribution < -0.4 is 10.4 Å². The quantitative estimate of drug-likeness (QED) is 0.649. The number of aromatic nitrogens is 1. The molecule has 2 aromatic carbocycles. The number of benzene rings is 2. The standard InChI is InChI=1S/C16H13NO7S/c1-22-10-6-8-11(9-7-10)25(20,21)17-13-5-3-4-12(15(18)23-2)14(13)16(19)24-17/h3-9H,1-2H3. The van der Waals surface area contributed by atoms with Crippen LogP contribution in [-0.4, -0.2) is 32.8 Å². The van der Waals surface area contributed by atoms with Gasteiger partial charge in [0.1, 0.15) is 16.7 Å². The second-order valence-corrected chi connectivity index (χ2v) is 6.73. The van der Waals surface area contributed by atoms with Crippen LogP contribution in [-0.2, 0) is 14.8 Å². The molecule has 0 aliphatic rings. The average molecular weight is 363 g/mol. The molecular weight excluding hydrogens is 350 g/mol. The maximum Gasteiger partial charge on any atom is 0.367 e. The fourth-order valence-corrected chi connectivity index (χ4v) is 3.63. The third-order valence-corrected chi connectivity index (χ3v) is 5.17. The number of methoxy groups -OCH3 is 2. The largest absolute Gasteiger partial charge is 0.497 e. The molecule has 0 saturated carbocycles. The van der Waals surface area contributed by atoms with E-state index >= 15 is 0 Å². The molecule has 0 N–H and O–H groups in total. The van der Waals surface area contributed by atoms with E-state index in [4.69, 9.17) is 9.26 Å². The molecule has 0 spiro atoms. The summed E-state index contributed by atoms with van der Waals surface area (Å²) in [4.78, 5) is 23.8. The van der Waals surface area contributed by atoms with Crippen LogP contribution in [0.1, 0.15) is 10.4 Å². The molecule has 3 aromatic rings. The smallest absolute Gasteiger partial charge is 0.367 e. The highest BCUT2D eigenvalue weighted by Gasteiger charge is 2.26. The number of esters is 1. The SMILES string of the molecule is COC(=O)c1cccc2c1c(=O)on2S(=O)(=O)c1ccc(OC)cc1. The number of ether oxygens (including phenoxy) is 2. The lowest BCUT2D eigenvalue weighted by molar-refractivity contribution is 0.0603. The molecule has 1 heterocycles. The van der Waals surface area contributed by atoms with E-state index in [9.17, 15) is 18.0 Å². The summed E-state index contributed by atoms with van der Waals surface area (Å²) in [6.45, 7) is 0. The molecule has 9 heteroatoms. The van der Waals surface area contributed by atoms with Crippen molar-refractivity contribution >= 4 is 26.9 Å². The lowest BCUT2D eigenvalue weighted by atomic mass is 10.1. The predicted molar refractivity (Wildman–Crippen MR) is 87.4 cm³/mol. The van der Waals surface area contributed by atoms with E-state index in [0.29, 0.717) is 9.89 Å². The van der Waals surface area contributed by atoms with Gasteiger partial charge >= 0.3 is 11.6 Å². The molecule has 0 amide bonds. The van der Waals surface area contributed by atoms with Gasteiger partial charge in [-0.3, -0.25) is 0 Å². The van der Waals surface area contributed by atoms with Crippen LogP contribution >= 0.6 is 0 Å². The van der Waals surface area contributed by atoms with Crippen molar-refractivity contribution in [1.82, 2.24) is 4.15 Å². The van der Waals surface area contributed by atoms with Crippen LogP contribution in [0.2, 0.25) is 0 Å². The summed E-state index contributed by atoms with van der Waals surface area (Å²) in [5.41, 5.74) is -1.07. The summed E-state index contributed by atoms with van der Waals surface area (Å²) in [6, 6.07) is 9.74. The first-order valence-electron chi connectivity index (χ1n) is 7.03. The number of carbonyl (C=O) groups is 1. The fraction of sp³-hybridized carbons (Fsp3) is 0.125. The molecule has 0 saturated heterocycles. The number of fused-ring (bicyclic) bond motifs is 1. The van der Waals surface area contributed by atoms with Crippen LogP contribution in [0.5, 0.6) is 5.75 Å². The van der Waals surface area contributed by atoms with Crippen LogP contribution in [0.4, 0.5) is 0 Å². The molecule has 3 rings (SSSR count). The molecule has 8 nitrogen and oxygen atoms in total. The molecule has 0 atom stereocenters. The summed E-state index contributed by atoms with van der Waals surface area (Å²) in [5.74, 6) is -0.289. The number of hydrogen-bond acceptors (Lipinski definition) is 7. The van der Waals surface area contributed by atoms with Gasteiger partial charge in [-0.05, 0) is 36.4 Å². The van der Waals surface area contributed by atoms with Gasteiger partial charge in [0.25, 0.3) is 10.0 Å². The number of hydrogen-bond donors (Lipinski definition) is 0. The maximum atomic E-state index is 12.8. The van der Waals surface area contributed by atoms with Crippen LogP contribution in [0.25, 0.3) is 10.9 Å². The Labute approximate surface area is 142 Å². The minimum Gasteiger partial charge on any atom is -0.497 e. The molecule has 1 aromatic heterocycles. The Kier molecular flexibility index (Phi) is 4.09. The van der Waals surface area contributed by atoms with E-state index in [1.165, 1.54) is 49.6 Å². The third-order valence-electron chi connectivity index (χ3n) is 3.59. The van der Waals surface area contributed by atoms with Gasteiger partial charge in [0.05, 0.1) is 24.7 Å². The van der Waals surface area contributed by atoms with E-state index in [0.717, 1.165) is 7.11 Å². The normalized spacial score (nSPS) is 11.4. The second-order valence-electron chi connectivity index (χ2n) is 4.98. The van der Waals surface area contributed by atoms with E-state index in [2.05, 4.69) is 4.74 Å². The second kappa shape index (κ2) is 6.10. The molecule has 130 valence electrons. The molecule has 0 aliphatic heterocycles. The number of carbonyl (C=O) groups excluding carboxylic acids is 1. The zero-order valence-electron chi connectivity index (χ0n) is 13.3. The van der Waals surface area contributed by atoms with Crippen molar-refractivity contribution in [2.45, 2.75) is 4.90 Å². The summed E-state index contributed by atoms with van der Waals surface area (Å²) in [6.07, 6.45) is 0. The Morgan fingerprint density at radius 1 is 1.08 bits per heavy atom. The molecule has 25 heavy (non-hydrogen) atoms. The van der Waals surface area contributed by atoms with Gasteiger partial charge in [0, 0.05) is 0 Å². The summed E-state index contributed by atoms with van der Waals surface area (Å²) in [5, 5.41) is -0.161. The first-order valence-corrected chi connectivity index (χ1v) is 8.47. The molecule has 0 unspecified atom stereocenters. The van der Waals surface area contributed by atoms with Crippen LogP contribution in [0.3, 0.4) is 0 Å². The molecule has 0 bridgehead atoms. The first-order chi connectivity index (χ1) is 11.9. The zero-order valence-corrected chi connectivity index (χ0v) is 14.1. The van der Waals surface area contributed by atoms with Gasteiger partial charge in [-0.2, -0.15) is 8.42 Å². The highest BCUT2D eigenvalue weighted by atomic mass is 32.2. The molecule has 0 fully saturated rings. The minimum absolute atomic E-state index is 0.0521. The van der Waals surface area contributed by atoms with Crippen molar-refractivity contribution in [3.63, 3.8) is 0 Å². The van der Waals surface area contributed by atoms with Gasteiger partial charge in [0.2, 0.25) is 0 Å². The highest BCUT2D eigenvalue weighted by Crippen LogP contribution is 2.23. The fourth-order valence-electron chi connectivity index (χ4n) is 2.38. The van der Waals surface area contributed by atoms with E-state index in [-0.39, 0.29) is 21.4 Å². The topological polar surface area (TPSA) is 105 Å². The summed E-state index contributed by atoms with van der Waals surface area (Å²) in [7, 11) is -1.56.